The smallest absolute Gasteiger partial charge is 0.339 e. The van der Waals surface area contributed by atoms with Gasteiger partial charge in [-0.1, -0.05) is 6.07 Å². The molecule has 146 valence electrons. The van der Waals surface area contributed by atoms with Gasteiger partial charge in [-0.25, -0.2) is 9.18 Å². The van der Waals surface area contributed by atoms with Crippen LogP contribution in [0.15, 0.2) is 24.3 Å². The SMILES string of the molecule is CCOC(=O)c1cc(C)n(CC(=O)NC(C)c2ccc(OC)c(F)c2)c1C. The third kappa shape index (κ3) is 4.67. The second kappa shape index (κ2) is 8.70. The standard InChI is InChI=1S/C20H25FN2O4/c1-6-27-20(25)16-9-12(2)23(14(16)4)11-19(24)22-13(3)15-7-8-18(26-5)17(21)10-15/h7-10,13H,6,11H2,1-5H3,(H,22,24). The minimum Gasteiger partial charge on any atom is -0.494 e. The second-order valence-electron chi connectivity index (χ2n) is 6.27. The summed E-state index contributed by atoms with van der Waals surface area (Å²) in [4.78, 5) is 24.4. The zero-order valence-corrected chi connectivity index (χ0v) is 16.3. The lowest BCUT2D eigenvalue weighted by Gasteiger charge is -2.17. The maximum atomic E-state index is 13.9. The van der Waals surface area contributed by atoms with Crippen molar-refractivity contribution in [1.82, 2.24) is 9.88 Å². The van der Waals surface area contributed by atoms with Crippen LogP contribution in [0.4, 0.5) is 4.39 Å². The van der Waals surface area contributed by atoms with Crippen LogP contribution in [0, 0.1) is 19.7 Å². The first kappa shape index (κ1) is 20.5. The molecular weight excluding hydrogens is 351 g/mol. The van der Waals surface area contributed by atoms with E-state index < -0.39 is 11.8 Å². The lowest BCUT2D eigenvalue weighted by Crippen LogP contribution is -2.30. The van der Waals surface area contributed by atoms with Gasteiger partial charge in [0, 0.05) is 11.4 Å². The zero-order chi connectivity index (χ0) is 20.1. The molecule has 0 aliphatic carbocycles. The summed E-state index contributed by atoms with van der Waals surface area (Å²) in [5.41, 5.74) is 2.54. The van der Waals surface area contributed by atoms with E-state index in [-0.39, 0.29) is 24.2 Å². The number of hydrogen-bond donors (Lipinski definition) is 1. The highest BCUT2D eigenvalue weighted by atomic mass is 19.1. The first-order valence-electron chi connectivity index (χ1n) is 8.75. The number of benzene rings is 1. The molecule has 1 N–H and O–H groups in total. The van der Waals surface area contributed by atoms with Crippen LogP contribution in [-0.2, 0) is 16.1 Å². The number of nitrogens with one attached hydrogen (secondary N) is 1. The van der Waals surface area contributed by atoms with Crippen LogP contribution >= 0.6 is 0 Å². The normalized spacial score (nSPS) is 11.8. The molecule has 27 heavy (non-hydrogen) atoms. The number of amides is 1. The van der Waals surface area contributed by atoms with Gasteiger partial charge in [0.05, 0.1) is 25.3 Å². The van der Waals surface area contributed by atoms with Crippen LogP contribution in [0.5, 0.6) is 5.75 Å². The molecule has 7 heteroatoms. The van der Waals surface area contributed by atoms with Crippen LogP contribution < -0.4 is 10.1 Å². The Morgan fingerprint density at radius 3 is 2.56 bits per heavy atom. The molecule has 1 amide bonds. The first-order chi connectivity index (χ1) is 12.8. The van der Waals surface area contributed by atoms with Crippen molar-refractivity contribution < 1.29 is 23.5 Å². The third-order valence-corrected chi connectivity index (χ3v) is 4.42. The molecule has 2 aromatic rings. The molecule has 1 aromatic carbocycles. The fourth-order valence-electron chi connectivity index (χ4n) is 2.93. The van der Waals surface area contributed by atoms with Crippen molar-refractivity contribution in [2.24, 2.45) is 0 Å². The highest BCUT2D eigenvalue weighted by Gasteiger charge is 2.19. The van der Waals surface area contributed by atoms with Crippen molar-refractivity contribution in [2.75, 3.05) is 13.7 Å². The van der Waals surface area contributed by atoms with E-state index in [0.717, 1.165) is 5.69 Å². The minimum absolute atomic E-state index is 0.0556. The minimum atomic E-state index is -0.479. The van der Waals surface area contributed by atoms with Gasteiger partial charge < -0.3 is 19.4 Å². The Hall–Kier alpha value is -2.83. The van der Waals surface area contributed by atoms with Crippen molar-refractivity contribution in [2.45, 2.75) is 40.3 Å². The summed E-state index contributed by atoms with van der Waals surface area (Å²) < 4.78 is 25.5. The Kier molecular flexibility index (Phi) is 6.60. The Labute approximate surface area is 158 Å². The Balaban J connectivity index is 2.09. The largest absolute Gasteiger partial charge is 0.494 e. The lowest BCUT2D eigenvalue weighted by molar-refractivity contribution is -0.122. The molecule has 1 heterocycles. The molecule has 0 spiro atoms. The van der Waals surface area contributed by atoms with Gasteiger partial charge in [-0.15, -0.1) is 0 Å². The summed E-state index contributed by atoms with van der Waals surface area (Å²) in [6.45, 7) is 7.46. The van der Waals surface area contributed by atoms with E-state index in [1.165, 1.54) is 19.2 Å². The average molecular weight is 376 g/mol. The van der Waals surface area contributed by atoms with Crippen molar-refractivity contribution in [1.29, 1.82) is 0 Å². The fourth-order valence-corrected chi connectivity index (χ4v) is 2.93. The van der Waals surface area contributed by atoms with E-state index in [4.69, 9.17) is 9.47 Å². The number of aryl methyl sites for hydroxylation is 1. The Bertz CT molecular complexity index is 845. The van der Waals surface area contributed by atoms with Crippen LogP contribution in [0.3, 0.4) is 0 Å². The number of methoxy groups -OCH3 is 1. The predicted octanol–water partition coefficient (Wildman–Crippen LogP) is 3.31. The summed E-state index contributed by atoms with van der Waals surface area (Å²) in [6, 6.07) is 5.91. The highest BCUT2D eigenvalue weighted by Crippen LogP contribution is 2.22. The number of hydrogen-bond acceptors (Lipinski definition) is 4. The zero-order valence-electron chi connectivity index (χ0n) is 16.3. The number of carbonyl (C=O) groups is 2. The maximum absolute atomic E-state index is 13.9. The average Bonchev–Trinajstić information content (AvgIpc) is 2.90. The summed E-state index contributed by atoms with van der Waals surface area (Å²) in [7, 11) is 1.40. The van der Waals surface area contributed by atoms with Gasteiger partial charge in [0.2, 0.25) is 5.91 Å². The van der Waals surface area contributed by atoms with Crippen LogP contribution in [0.1, 0.15) is 47.2 Å². The van der Waals surface area contributed by atoms with E-state index in [0.29, 0.717) is 23.4 Å². The molecule has 0 aliphatic rings. The van der Waals surface area contributed by atoms with Crippen LogP contribution in [0.2, 0.25) is 0 Å². The van der Waals surface area contributed by atoms with Gasteiger partial charge in [-0.2, -0.15) is 0 Å². The summed E-state index contributed by atoms with van der Waals surface area (Å²) in [5.74, 6) is -0.968. The van der Waals surface area contributed by atoms with Gasteiger partial charge in [-0.3, -0.25) is 4.79 Å². The quantitative estimate of drug-likeness (QED) is 0.753. The van der Waals surface area contributed by atoms with Crippen molar-refractivity contribution >= 4 is 11.9 Å². The number of carbonyl (C=O) groups excluding carboxylic acids is 2. The number of halogens is 1. The summed E-state index contributed by atoms with van der Waals surface area (Å²) in [5, 5.41) is 2.84. The van der Waals surface area contributed by atoms with Crippen LogP contribution in [-0.4, -0.2) is 30.2 Å². The van der Waals surface area contributed by atoms with Gasteiger partial charge in [0.15, 0.2) is 11.6 Å². The molecule has 0 aliphatic heterocycles. The lowest BCUT2D eigenvalue weighted by atomic mass is 10.1. The van der Waals surface area contributed by atoms with E-state index in [9.17, 15) is 14.0 Å². The maximum Gasteiger partial charge on any atom is 0.339 e. The number of aromatic nitrogens is 1. The number of esters is 1. The molecule has 2 rings (SSSR count). The van der Waals surface area contributed by atoms with E-state index >= 15 is 0 Å². The summed E-state index contributed by atoms with van der Waals surface area (Å²) >= 11 is 0. The number of ether oxygens (including phenoxy) is 2. The van der Waals surface area contributed by atoms with Gasteiger partial charge in [0.1, 0.15) is 6.54 Å². The third-order valence-electron chi connectivity index (χ3n) is 4.42. The topological polar surface area (TPSA) is 69.6 Å². The predicted molar refractivity (Wildman–Crippen MR) is 99.4 cm³/mol. The second-order valence-corrected chi connectivity index (χ2v) is 6.27. The van der Waals surface area contributed by atoms with Crippen molar-refractivity contribution in [3.05, 3.63) is 52.6 Å². The Morgan fingerprint density at radius 2 is 1.96 bits per heavy atom. The molecule has 1 atom stereocenters. The molecule has 0 saturated carbocycles. The number of nitrogens with zero attached hydrogens (tertiary/aromatic N) is 1. The molecule has 0 fully saturated rings. The molecule has 1 unspecified atom stereocenters. The first-order valence-corrected chi connectivity index (χ1v) is 8.75. The van der Waals surface area contributed by atoms with E-state index in [1.807, 2.05) is 6.92 Å². The number of rotatable bonds is 7. The highest BCUT2D eigenvalue weighted by molar-refractivity contribution is 5.91. The molecule has 1 aromatic heterocycles. The van der Waals surface area contributed by atoms with Gasteiger partial charge >= 0.3 is 5.97 Å². The molecule has 0 saturated heterocycles. The monoisotopic (exact) mass is 376 g/mol. The summed E-state index contributed by atoms with van der Waals surface area (Å²) in [6.07, 6.45) is 0. The van der Waals surface area contributed by atoms with E-state index in [1.54, 1.807) is 37.5 Å². The Morgan fingerprint density at radius 1 is 1.26 bits per heavy atom. The molecule has 6 nitrogen and oxygen atoms in total. The van der Waals surface area contributed by atoms with Crippen molar-refractivity contribution in [3.8, 4) is 5.75 Å². The van der Waals surface area contributed by atoms with Crippen LogP contribution in [0.25, 0.3) is 0 Å². The molecular formula is C20H25FN2O4. The molecule has 0 bridgehead atoms. The van der Waals surface area contributed by atoms with Gasteiger partial charge in [0.25, 0.3) is 0 Å². The molecule has 0 radical (unpaired) electrons. The van der Waals surface area contributed by atoms with Crippen molar-refractivity contribution in [3.63, 3.8) is 0 Å². The fraction of sp³-hybridized carbons (Fsp3) is 0.400. The van der Waals surface area contributed by atoms with E-state index in [2.05, 4.69) is 5.32 Å². The van der Waals surface area contributed by atoms with Gasteiger partial charge in [-0.05, 0) is 51.5 Å².